The van der Waals surface area contributed by atoms with Crippen molar-refractivity contribution < 1.29 is 5.11 Å². The zero-order chi connectivity index (χ0) is 23.3. The maximum Gasteiger partial charge on any atom is 0.162 e. The Labute approximate surface area is 197 Å². The number of pyridine rings is 2. The lowest BCUT2D eigenvalue weighted by Gasteiger charge is -2.16. The van der Waals surface area contributed by atoms with E-state index in [9.17, 15) is 5.11 Å². The van der Waals surface area contributed by atoms with Gasteiger partial charge < -0.3 is 16.2 Å². The molecule has 5 rings (SSSR count). The van der Waals surface area contributed by atoms with E-state index in [2.05, 4.69) is 27.4 Å². The molecule has 0 aliphatic heterocycles. The first-order valence-electron chi connectivity index (χ1n) is 11.1. The third-order valence-electron chi connectivity index (χ3n) is 5.57. The van der Waals surface area contributed by atoms with Gasteiger partial charge in [0.2, 0.25) is 0 Å². The molecule has 0 spiro atoms. The van der Waals surface area contributed by atoms with E-state index in [-0.39, 0.29) is 11.8 Å². The van der Waals surface area contributed by atoms with Crippen LogP contribution in [0.1, 0.15) is 5.56 Å². The number of rotatable bonds is 7. The van der Waals surface area contributed by atoms with Crippen LogP contribution >= 0.6 is 0 Å². The van der Waals surface area contributed by atoms with Crippen molar-refractivity contribution in [1.82, 2.24) is 19.9 Å². The normalized spacial score (nSPS) is 11.9. The predicted molar refractivity (Wildman–Crippen MR) is 134 cm³/mol. The molecule has 1 atom stereocenters. The SMILES string of the molecule is N[C@H](CNc1nc(-c2ccncc2)nc2c(-c3ccc(O)cc3)nccc12)Cc1ccccc1. The fourth-order valence-electron chi connectivity index (χ4n) is 3.87. The molecule has 34 heavy (non-hydrogen) atoms. The van der Waals surface area contributed by atoms with Crippen molar-refractivity contribution >= 4 is 16.7 Å². The fraction of sp³-hybridized carbons (Fsp3) is 0.111. The van der Waals surface area contributed by atoms with Gasteiger partial charge in [-0.1, -0.05) is 30.3 Å². The van der Waals surface area contributed by atoms with Gasteiger partial charge in [-0.25, -0.2) is 9.97 Å². The van der Waals surface area contributed by atoms with Crippen LogP contribution in [-0.2, 0) is 6.42 Å². The molecular weight excluding hydrogens is 424 g/mol. The molecule has 3 aromatic heterocycles. The minimum absolute atomic E-state index is 0.0878. The van der Waals surface area contributed by atoms with Crippen molar-refractivity contribution in [3.8, 4) is 28.4 Å². The number of hydrogen-bond acceptors (Lipinski definition) is 7. The number of hydrogen-bond donors (Lipinski definition) is 3. The molecule has 5 aromatic rings. The predicted octanol–water partition coefficient (Wildman–Crippen LogP) is 4.44. The van der Waals surface area contributed by atoms with Crippen LogP contribution in [0.5, 0.6) is 5.75 Å². The van der Waals surface area contributed by atoms with Crippen LogP contribution < -0.4 is 11.1 Å². The lowest BCUT2D eigenvalue weighted by molar-refractivity contribution is 0.475. The highest BCUT2D eigenvalue weighted by Gasteiger charge is 2.15. The summed E-state index contributed by atoms with van der Waals surface area (Å²) in [6.07, 6.45) is 5.94. The number of nitrogens with one attached hydrogen (secondary N) is 1. The van der Waals surface area contributed by atoms with Crippen LogP contribution in [0.25, 0.3) is 33.5 Å². The zero-order valence-corrected chi connectivity index (χ0v) is 18.5. The Morgan fingerprint density at radius 2 is 1.59 bits per heavy atom. The Morgan fingerprint density at radius 3 is 2.35 bits per heavy atom. The van der Waals surface area contributed by atoms with E-state index in [4.69, 9.17) is 15.7 Å². The second-order valence-electron chi connectivity index (χ2n) is 8.07. The Hall–Kier alpha value is -4.36. The average molecular weight is 449 g/mol. The van der Waals surface area contributed by atoms with Crippen molar-refractivity contribution in [2.45, 2.75) is 12.5 Å². The standard InChI is InChI=1S/C27H24N6O/c28-21(16-18-4-2-1-3-5-18)17-31-27-23-12-15-30-24(19-6-8-22(34)9-7-19)25(23)32-26(33-27)20-10-13-29-14-11-20/h1-15,21,34H,16-17,28H2,(H,31,32,33)/t21-/m0/s1. The zero-order valence-electron chi connectivity index (χ0n) is 18.5. The van der Waals surface area contributed by atoms with Crippen molar-refractivity contribution in [2.24, 2.45) is 5.73 Å². The number of anilines is 1. The summed E-state index contributed by atoms with van der Waals surface area (Å²) in [6.45, 7) is 0.549. The first-order chi connectivity index (χ1) is 16.7. The summed E-state index contributed by atoms with van der Waals surface area (Å²) < 4.78 is 0. The molecule has 7 heteroatoms. The quantitative estimate of drug-likeness (QED) is 0.338. The van der Waals surface area contributed by atoms with Crippen molar-refractivity contribution in [2.75, 3.05) is 11.9 Å². The molecule has 0 saturated carbocycles. The van der Waals surface area contributed by atoms with Crippen LogP contribution in [0.4, 0.5) is 5.82 Å². The first-order valence-corrected chi connectivity index (χ1v) is 11.1. The average Bonchev–Trinajstić information content (AvgIpc) is 2.88. The van der Waals surface area contributed by atoms with Crippen molar-refractivity contribution in [1.29, 1.82) is 0 Å². The Morgan fingerprint density at radius 1 is 0.824 bits per heavy atom. The van der Waals surface area contributed by atoms with Gasteiger partial charge in [0.05, 0.1) is 5.69 Å². The van der Waals surface area contributed by atoms with E-state index in [1.54, 1.807) is 30.7 Å². The molecule has 3 heterocycles. The summed E-state index contributed by atoms with van der Waals surface area (Å²) in [5, 5.41) is 14.0. The largest absolute Gasteiger partial charge is 0.508 e. The maximum atomic E-state index is 9.71. The first kappa shape index (κ1) is 21.5. The number of nitrogens with zero attached hydrogens (tertiary/aromatic N) is 4. The topological polar surface area (TPSA) is 110 Å². The van der Waals surface area contributed by atoms with Gasteiger partial charge in [0, 0.05) is 47.7 Å². The Balaban J connectivity index is 1.54. The monoisotopic (exact) mass is 448 g/mol. The van der Waals surface area contributed by atoms with Crippen LogP contribution in [0, 0.1) is 0 Å². The minimum Gasteiger partial charge on any atom is -0.508 e. The molecule has 0 radical (unpaired) electrons. The van der Waals surface area contributed by atoms with Gasteiger partial charge in [-0.3, -0.25) is 9.97 Å². The number of phenols is 1. The highest BCUT2D eigenvalue weighted by molar-refractivity contribution is 5.98. The van der Waals surface area contributed by atoms with E-state index in [1.807, 2.05) is 48.5 Å². The molecular formula is C27H24N6O. The molecule has 0 bridgehead atoms. The fourth-order valence-corrected chi connectivity index (χ4v) is 3.87. The summed E-state index contributed by atoms with van der Waals surface area (Å²) in [6, 6.07) is 22.7. The van der Waals surface area contributed by atoms with Crippen LogP contribution in [-0.4, -0.2) is 37.6 Å². The van der Waals surface area contributed by atoms with Crippen molar-refractivity contribution in [3.05, 3.63) is 97.0 Å². The molecule has 4 N–H and O–H groups in total. The summed E-state index contributed by atoms with van der Waals surface area (Å²) in [5.41, 5.74) is 10.8. The Kier molecular flexibility index (Phi) is 6.09. The molecule has 0 amide bonds. The smallest absolute Gasteiger partial charge is 0.162 e. The second-order valence-corrected chi connectivity index (χ2v) is 8.07. The second kappa shape index (κ2) is 9.64. The maximum absolute atomic E-state index is 9.71. The molecule has 0 aliphatic rings. The third kappa shape index (κ3) is 4.69. The van der Waals surface area contributed by atoms with Gasteiger partial charge >= 0.3 is 0 Å². The number of phenolic OH excluding ortho intramolecular Hbond substituents is 1. The highest BCUT2D eigenvalue weighted by Crippen LogP contribution is 2.31. The van der Waals surface area contributed by atoms with Gasteiger partial charge in [-0.2, -0.15) is 0 Å². The van der Waals surface area contributed by atoms with Gasteiger partial charge in [-0.05, 0) is 54.4 Å². The number of nitrogens with two attached hydrogens (primary N) is 1. The number of fused-ring (bicyclic) bond motifs is 1. The molecule has 168 valence electrons. The molecule has 0 fully saturated rings. The van der Waals surface area contributed by atoms with E-state index in [0.29, 0.717) is 29.4 Å². The van der Waals surface area contributed by atoms with Crippen LogP contribution in [0.3, 0.4) is 0 Å². The minimum atomic E-state index is -0.0878. The molecule has 0 saturated heterocycles. The summed E-state index contributed by atoms with van der Waals surface area (Å²) >= 11 is 0. The molecule has 0 aliphatic carbocycles. The molecule has 2 aromatic carbocycles. The number of aromatic hydroxyl groups is 1. The van der Waals surface area contributed by atoms with E-state index in [1.165, 1.54) is 5.56 Å². The summed E-state index contributed by atoms with van der Waals surface area (Å²) in [4.78, 5) is 18.4. The van der Waals surface area contributed by atoms with Crippen LogP contribution in [0.2, 0.25) is 0 Å². The third-order valence-corrected chi connectivity index (χ3v) is 5.57. The van der Waals surface area contributed by atoms with Gasteiger partial charge in [-0.15, -0.1) is 0 Å². The lowest BCUT2D eigenvalue weighted by Crippen LogP contribution is -2.31. The molecule has 0 unspecified atom stereocenters. The van der Waals surface area contributed by atoms with E-state index >= 15 is 0 Å². The Bertz CT molecular complexity index is 1390. The van der Waals surface area contributed by atoms with Gasteiger partial charge in [0.25, 0.3) is 0 Å². The lowest BCUT2D eigenvalue weighted by atomic mass is 10.1. The number of aromatic nitrogens is 4. The van der Waals surface area contributed by atoms with E-state index in [0.717, 1.165) is 22.9 Å². The molecule has 7 nitrogen and oxygen atoms in total. The van der Waals surface area contributed by atoms with E-state index < -0.39 is 0 Å². The highest BCUT2D eigenvalue weighted by atomic mass is 16.3. The summed E-state index contributed by atoms with van der Waals surface area (Å²) in [7, 11) is 0. The van der Waals surface area contributed by atoms with Crippen molar-refractivity contribution in [3.63, 3.8) is 0 Å². The number of benzene rings is 2. The summed E-state index contributed by atoms with van der Waals surface area (Å²) in [5.74, 6) is 1.47. The van der Waals surface area contributed by atoms with Gasteiger partial charge in [0.1, 0.15) is 17.1 Å². The van der Waals surface area contributed by atoms with Crippen LogP contribution in [0.15, 0.2) is 91.4 Å². The van der Waals surface area contributed by atoms with Gasteiger partial charge in [0.15, 0.2) is 5.82 Å².